The second-order valence-electron chi connectivity index (χ2n) is 4.10. The summed E-state index contributed by atoms with van der Waals surface area (Å²) in [6, 6.07) is 2.00. The maximum Gasteiger partial charge on any atom is 0.265 e. The van der Waals surface area contributed by atoms with E-state index < -0.39 is 15.7 Å². The second-order valence-corrected chi connectivity index (χ2v) is 5.67. The van der Waals surface area contributed by atoms with E-state index in [0.717, 1.165) is 19.1 Å². The van der Waals surface area contributed by atoms with Crippen molar-refractivity contribution in [1.82, 2.24) is 0 Å². The smallest absolute Gasteiger partial charge is 0.248 e. The van der Waals surface area contributed by atoms with Crippen molar-refractivity contribution in [3.63, 3.8) is 0 Å². The Morgan fingerprint density at radius 2 is 2.21 bits per heavy atom. The van der Waals surface area contributed by atoms with Crippen molar-refractivity contribution in [2.24, 2.45) is 5.92 Å². The lowest BCUT2D eigenvalue weighted by Gasteiger charge is -2.32. The van der Waals surface area contributed by atoms with Gasteiger partial charge in [0.2, 0.25) is 0 Å². The summed E-state index contributed by atoms with van der Waals surface area (Å²) >= 11 is 0. The van der Waals surface area contributed by atoms with Crippen molar-refractivity contribution in [3.05, 3.63) is 0 Å². The Hall–Kier alpha value is -0.600. The Morgan fingerprint density at radius 3 is 2.64 bits per heavy atom. The molecule has 1 rings (SSSR count). The molecule has 2 unspecified atom stereocenters. The third kappa shape index (κ3) is 2.96. The maximum atomic E-state index is 11.0. The largest absolute Gasteiger partial charge is 0.265 e. The van der Waals surface area contributed by atoms with Crippen molar-refractivity contribution in [2.45, 2.75) is 38.2 Å². The summed E-state index contributed by atoms with van der Waals surface area (Å²) in [6.07, 6.45) is 3.91. The monoisotopic (exact) mass is 217 g/mol. The van der Waals surface area contributed by atoms with Crippen molar-refractivity contribution in [2.75, 3.05) is 6.26 Å². The minimum atomic E-state index is -3.54. The van der Waals surface area contributed by atoms with E-state index in [1.54, 1.807) is 0 Å². The predicted octanol–water partition coefficient (Wildman–Crippen LogP) is 1.44. The van der Waals surface area contributed by atoms with Gasteiger partial charge >= 0.3 is 0 Å². The molecule has 0 radical (unpaired) electrons. The molecule has 1 aliphatic rings. The van der Waals surface area contributed by atoms with Gasteiger partial charge in [0.05, 0.1) is 12.3 Å². The molecule has 0 amide bonds. The molecule has 5 heteroatoms. The van der Waals surface area contributed by atoms with Gasteiger partial charge in [-0.05, 0) is 25.2 Å². The molecule has 0 N–H and O–H groups in total. The predicted molar refractivity (Wildman–Crippen MR) is 51.9 cm³/mol. The Kier molecular flexibility index (Phi) is 3.17. The summed E-state index contributed by atoms with van der Waals surface area (Å²) in [4.78, 5) is 0. The lowest BCUT2D eigenvalue weighted by molar-refractivity contribution is 0.0712. The van der Waals surface area contributed by atoms with Crippen LogP contribution in [0.4, 0.5) is 0 Å². The van der Waals surface area contributed by atoms with Gasteiger partial charge in [-0.3, -0.25) is 0 Å². The van der Waals surface area contributed by atoms with Crippen LogP contribution in [0.1, 0.15) is 32.6 Å². The molecule has 0 heterocycles. The van der Waals surface area contributed by atoms with E-state index in [9.17, 15) is 8.42 Å². The van der Waals surface area contributed by atoms with Crippen LogP contribution in [0.25, 0.3) is 0 Å². The molecule has 0 spiro atoms. The third-order valence-corrected chi connectivity index (χ3v) is 3.09. The molecule has 0 aliphatic heterocycles. The first-order chi connectivity index (χ1) is 6.37. The molecular weight excluding hydrogens is 202 g/mol. The molecule has 0 saturated heterocycles. The van der Waals surface area contributed by atoms with Crippen molar-refractivity contribution >= 4 is 10.1 Å². The Morgan fingerprint density at radius 1 is 1.57 bits per heavy atom. The molecule has 1 aliphatic carbocycles. The topological polar surface area (TPSA) is 67.2 Å². The van der Waals surface area contributed by atoms with E-state index in [1.807, 2.05) is 13.0 Å². The highest BCUT2D eigenvalue weighted by molar-refractivity contribution is 7.86. The standard InChI is InChI=1S/C9H15NO3S/c1-8-4-3-5-9(6-8,7-10)13-14(2,11)12/h8H,3-6H2,1-2H3. The first-order valence-corrected chi connectivity index (χ1v) is 6.50. The van der Waals surface area contributed by atoms with Gasteiger partial charge < -0.3 is 0 Å². The fraction of sp³-hybridized carbons (Fsp3) is 0.889. The number of nitriles is 1. The van der Waals surface area contributed by atoms with E-state index in [2.05, 4.69) is 0 Å². The van der Waals surface area contributed by atoms with Crippen LogP contribution in [0, 0.1) is 17.2 Å². The molecule has 1 saturated carbocycles. The van der Waals surface area contributed by atoms with Gasteiger partial charge in [0.15, 0.2) is 5.60 Å². The first-order valence-electron chi connectivity index (χ1n) is 4.69. The molecule has 0 aromatic rings. The van der Waals surface area contributed by atoms with E-state index in [1.165, 1.54) is 0 Å². The van der Waals surface area contributed by atoms with Crippen LogP contribution in [0.2, 0.25) is 0 Å². The summed E-state index contributed by atoms with van der Waals surface area (Å²) in [5, 5.41) is 8.98. The van der Waals surface area contributed by atoms with E-state index in [-0.39, 0.29) is 0 Å². The lowest BCUT2D eigenvalue weighted by atomic mass is 9.80. The Labute approximate surface area is 85.0 Å². The van der Waals surface area contributed by atoms with Crippen LogP contribution in [-0.4, -0.2) is 20.3 Å². The Bertz CT molecular complexity index is 344. The molecule has 2 atom stereocenters. The first kappa shape index (κ1) is 11.5. The molecule has 1 fully saturated rings. The minimum Gasteiger partial charge on any atom is -0.248 e. The van der Waals surface area contributed by atoms with Crippen LogP contribution >= 0.6 is 0 Å². The van der Waals surface area contributed by atoms with Gasteiger partial charge in [-0.15, -0.1) is 0 Å². The molecule has 0 bridgehead atoms. The van der Waals surface area contributed by atoms with Gasteiger partial charge in [-0.2, -0.15) is 13.7 Å². The lowest BCUT2D eigenvalue weighted by Crippen LogP contribution is -2.37. The van der Waals surface area contributed by atoms with Crippen molar-refractivity contribution in [3.8, 4) is 6.07 Å². The van der Waals surface area contributed by atoms with Crippen LogP contribution in [-0.2, 0) is 14.3 Å². The fourth-order valence-electron chi connectivity index (χ4n) is 1.99. The highest BCUT2D eigenvalue weighted by Gasteiger charge is 2.39. The zero-order valence-electron chi connectivity index (χ0n) is 8.49. The molecule has 0 aromatic carbocycles. The van der Waals surface area contributed by atoms with Gasteiger partial charge in [0.25, 0.3) is 10.1 Å². The van der Waals surface area contributed by atoms with Crippen molar-refractivity contribution in [1.29, 1.82) is 5.26 Å². The number of hydrogen-bond donors (Lipinski definition) is 0. The average molecular weight is 217 g/mol. The average Bonchev–Trinajstić information content (AvgIpc) is 2.01. The van der Waals surface area contributed by atoms with Crippen molar-refractivity contribution < 1.29 is 12.6 Å². The normalized spacial score (nSPS) is 33.6. The molecule has 4 nitrogen and oxygen atoms in total. The quantitative estimate of drug-likeness (QED) is 0.656. The summed E-state index contributed by atoms with van der Waals surface area (Å²) in [5.74, 6) is 0.352. The summed E-state index contributed by atoms with van der Waals surface area (Å²) < 4.78 is 26.9. The second kappa shape index (κ2) is 3.87. The van der Waals surface area contributed by atoms with Gasteiger partial charge in [0, 0.05) is 0 Å². The van der Waals surface area contributed by atoms with Crippen LogP contribution in [0.15, 0.2) is 0 Å². The van der Waals surface area contributed by atoms with E-state index >= 15 is 0 Å². The van der Waals surface area contributed by atoms with Crippen LogP contribution in [0.5, 0.6) is 0 Å². The molecule has 80 valence electrons. The summed E-state index contributed by atoms with van der Waals surface area (Å²) in [6.45, 7) is 2.01. The number of hydrogen-bond acceptors (Lipinski definition) is 4. The third-order valence-electron chi connectivity index (χ3n) is 2.47. The highest BCUT2D eigenvalue weighted by Crippen LogP contribution is 2.35. The van der Waals surface area contributed by atoms with Gasteiger partial charge in [-0.25, -0.2) is 4.18 Å². The van der Waals surface area contributed by atoms with Crippen LogP contribution in [0.3, 0.4) is 0 Å². The molecule has 14 heavy (non-hydrogen) atoms. The van der Waals surface area contributed by atoms with Gasteiger partial charge in [0.1, 0.15) is 0 Å². The summed E-state index contributed by atoms with van der Waals surface area (Å²) in [5.41, 5.74) is -1.11. The summed E-state index contributed by atoms with van der Waals surface area (Å²) in [7, 11) is -3.54. The zero-order chi connectivity index (χ0) is 10.8. The minimum absolute atomic E-state index is 0.352. The SMILES string of the molecule is CC1CCCC(C#N)(OS(C)(=O)=O)C1. The molecular formula is C9H15NO3S. The number of nitrogens with zero attached hydrogens (tertiary/aromatic N) is 1. The highest BCUT2D eigenvalue weighted by atomic mass is 32.2. The Balaban J connectivity index is 2.82. The van der Waals surface area contributed by atoms with Gasteiger partial charge in [-0.1, -0.05) is 13.3 Å². The maximum absolute atomic E-state index is 11.0. The number of rotatable bonds is 2. The zero-order valence-corrected chi connectivity index (χ0v) is 9.30. The molecule has 0 aromatic heterocycles. The fourth-order valence-corrected chi connectivity index (χ4v) is 2.76. The van der Waals surface area contributed by atoms with Crippen LogP contribution < -0.4 is 0 Å². The van der Waals surface area contributed by atoms with E-state index in [0.29, 0.717) is 18.8 Å². The van der Waals surface area contributed by atoms with E-state index in [4.69, 9.17) is 9.44 Å².